The molecule has 0 aliphatic rings. The van der Waals surface area contributed by atoms with Crippen LogP contribution in [0, 0.1) is 0 Å². The average molecular weight is 391 g/mol. The zero-order valence-corrected chi connectivity index (χ0v) is 16.9. The van der Waals surface area contributed by atoms with Gasteiger partial charge in [-0.2, -0.15) is 0 Å². The molecule has 0 saturated carbocycles. The number of hydrogen-bond donors (Lipinski definition) is 2. The lowest BCUT2D eigenvalue weighted by Gasteiger charge is -2.21. The number of methoxy groups -OCH3 is 2. The van der Waals surface area contributed by atoms with Gasteiger partial charge in [0.15, 0.2) is 0 Å². The van der Waals surface area contributed by atoms with Crippen molar-refractivity contribution in [2.75, 3.05) is 41.0 Å². The fourth-order valence-corrected chi connectivity index (χ4v) is 2.33. The lowest BCUT2D eigenvalue weighted by atomic mass is 10.2. The summed E-state index contributed by atoms with van der Waals surface area (Å²) in [6.45, 7) is 2.54. The van der Waals surface area contributed by atoms with Crippen LogP contribution in [0.3, 0.4) is 0 Å². The monoisotopic (exact) mass is 391 g/mol. The molecular formula is C20H29N3O5. The molecule has 0 aliphatic carbocycles. The minimum Gasteiger partial charge on any atom is -0.497 e. The fraction of sp³-hybridized carbons (Fsp3) is 0.450. The maximum atomic E-state index is 12.3. The molecule has 1 unspecified atom stereocenters. The van der Waals surface area contributed by atoms with Crippen LogP contribution < -0.4 is 15.4 Å². The Hall–Kier alpha value is -2.87. The van der Waals surface area contributed by atoms with Crippen molar-refractivity contribution in [1.29, 1.82) is 0 Å². The summed E-state index contributed by atoms with van der Waals surface area (Å²) in [5, 5.41) is 5.31. The third kappa shape index (κ3) is 8.68. The molecule has 0 aromatic heterocycles. The molecule has 0 spiro atoms. The first-order chi connectivity index (χ1) is 13.4. The van der Waals surface area contributed by atoms with E-state index >= 15 is 0 Å². The van der Waals surface area contributed by atoms with Gasteiger partial charge in [-0.25, -0.2) is 0 Å². The average Bonchev–Trinajstić information content (AvgIpc) is 2.69. The molecule has 1 aromatic rings. The molecule has 0 heterocycles. The van der Waals surface area contributed by atoms with Gasteiger partial charge in [-0.1, -0.05) is 12.1 Å². The summed E-state index contributed by atoms with van der Waals surface area (Å²) in [5.74, 6) is -0.274. The molecule has 1 aromatic carbocycles. The molecule has 0 bridgehead atoms. The number of rotatable bonds is 11. The highest BCUT2D eigenvalue weighted by atomic mass is 16.5. The van der Waals surface area contributed by atoms with Gasteiger partial charge in [-0.05, 0) is 37.1 Å². The zero-order valence-electron chi connectivity index (χ0n) is 16.9. The topological polar surface area (TPSA) is 97.0 Å². The van der Waals surface area contributed by atoms with Crippen LogP contribution >= 0.6 is 0 Å². The van der Waals surface area contributed by atoms with Crippen molar-refractivity contribution in [2.24, 2.45) is 0 Å². The molecule has 0 saturated heterocycles. The highest BCUT2D eigenvalue weighted by Crippen LogP contribution is 2.12. The van der Waals surface area contributed by atoms with E-state index in [1.807, 2.05) is 12.1 Å². The van der Waals surface area contributed by atoms with Crippen LogP contribution in [0.1, 0.15) is 18.9 Å². The zero-order chi connectivity index (χ0) is 20.9. The predicted octanol–water partition coefficient (Wildman–Crippen LogP) is 0.824. The van der Waals surface area contributed by atoms with Crippen molar-refractivity contribution in [2.45, 2.75) is 19.4 Å². The Labute approximate surface area is 165 Å². The molecule has 0 aliphatic heterocycles. The summed E-state index contributed by atoms with van der Waals surface area (Å²) in [6, 6.07) is 6.46. The molecule has 8 heteroatoms. The van der Waals surface area contributed by atoms with Crippen molar-refractivity contribution in [3.8, 4) is 5.75 Å². The Balaban J connectivity index is 2.43. The Morgan fingerprint density at radius 2 is 1.86 bits per heavy atom. The number of ether oxygens (including phenoxy) is 2. The second-order valence-corrected chi connectivity index (χ2v) is 6.23. The van der Waals surface area contributed by atoms with Crippen LogP contribution in [-0.4, -0.2) is 69.6 Å². The number of likely N-dealkylation sites (N-methyl/N-ethyl adjacent to an activating group) is 1. The summed E-state index contributed by atoms with van der Waals surface area (Å²) in [5.41, 5.74) is 0.831. The second kappa shape index (κ2) is 12.5. The van der Waals surface area contributed by atoms with E-state index in [1.54, 1.807) is 39.4 Å². The van der Waals surface area contributed by atoms with Crippen molar-refractivity contribution >= 4 is 23.8 Å². The van der Waals surface area contributed by atoms with E-state index in [-0.39, 0.29) is 18.4 Å². The van der Waals surface area contributed by atoms with E-state index < -0.39 is 11.9 Å². The molecule has 3 amide bonds. The largest absolute Gasteiger partial charge is 0.497 e. The van der Waals surface area contributed by atoms with Crippen LogP contribution in [0.4, 0.5) is 0 Å². The van der Waals surface area contributed by atoms with Crippen LogP contribution in [-0.2, 0) is 19.1 Å². The molecule has 1 rings (SSSR count). The van der Waals surface area contributed by atoms with Crippen molar-refractivity contribution in [3.05, 3.63) is 35.9 Å². The molecule has 8 nitrogen and oxygen atoms in total. The molecule has 28 heavy (non-hydrogen) atoms. The lowest BCUT2D eigenvalue weighted by Crippen LogP contribution is -2.48. The smallest absolute Gasteiger partial charge is 0.245 e. The number of nitrogens with zero attached hydrogens (tertiary/aromatic N) is 1. The number of carbonyl (C=O) groups excluding carboxylic acids is 3. The van der Waals surface area contributed by atoms with E-state index in [4.69, 9.17) is 9.47 Å². The normalized spacial score (nSPS) is 11.7. The number of amides is 3. The number of carbonyl (C=O) groups is 3. The molecule has 1 atom stereocenters. The van der Waals surface area contributed by atoms with Crippen LogP contribution in [0.2, 0.25) is 0 Å². The van der Waals surface area contributed by atoms with Crippen molar-refractivity contribution in [1.82, 2.24) is 15.5 Å². The number of benzene rings is 1. The molecule has 0 fully saturated rings. The molecule has 0 radical (unpaired) electrons. The summed E-state index contributed by atoms with van der Waals surface area (Å²) in [7, 11) is 4.70. The highest BCUT2D eigenvalue weighted by Gasteiger charge is 2.20. The van der Waals surface area contributed by atoms with Crippen molar-refractivity contribution in [3.63, 3.8) is 0 Å². The quantitative estimate of drug-likeness (QED) is 0.430. The second-order valence-electron chi connectivity index (χ2n) is 6.23. The van der Waals surface area contributed by atoms with Crippen LogP contribution in [0.15, 0.2) is 30.3 Å². The van der Waals surface area contributed by atoms with E-state index in [0.29, 0.717) is 19.6 Å². The molecule has 154 valence electrons. The molecule has 2 N–H and O–H groups in total. The standard InChI is InChI=1S/C20H29N3O5/c1-15(20(26)23(2)14-19(25)21-12-5-13-27-3)22-18(24)11-8-16-6-9-17(28-4)10-7-16/h6-11,15H,5,12-14H2,1-4H3,(H,21,25)(H,22,24)/b11-8+. The van der Waals surface area contributed by atoms with Gasteiger partial charge >= 0.3 is 0 Å². The van der Waals surface area contributed by atoms with Crippen LogP contribution in [0.25, 0.3) is 6.08 Å². The Morgan fingerprint density at radius 3 is 2.46 bits per heavy atom. The Kier molecular flexibility index (Phi) is 10.3. The number of hydrogen-bond acceptors (Lipinski definition) is 5. The van der Waals surface area contributed by atoms with Crippen LogP contribution in [0.5, 0.6) is 5.75 Å². The third-order valence-electron chi connectivity index (χ3n) is 3.88. The summed E-state index contributed by atoms with van der Waals surface area (Å²) >= 11 is 0. The van der Waals surface area contributed by atoms with E-state index in [0.717, 1.165) is 11.3 Å². The Morgan fingerprint density at radius 1 is 1.18 bits per heavy atom. The van der Waals surface area contributed by atoms with Crippen molar-refractivity contribution < 1.29 is 23.9 Å². The van der Waals surface area contributed by atoms with Gasteiger partial charge in [0.1, 0.15) is 11.8 Å². The minimum absolute atomic E-state index is 0.0757. The third-order valence-corrected chi connectivity index (χ3v) is 3.88. The van der Waals surface area contributed by atoms with E-state index in [9.17, 15) is 14.4 Å². The minimum atomic E-state index is -0.751. The van der Waals surface area contributed by atoms with Gasteiger partial charge < -0.3 is 25.0 Å². The molecular weight excluding hydrogens is 362 g/mol. The first-order valence-electron chi connectivity index (χ1n) is 9.00. The lowest BCUT2D eigenvalue weighted by molar-refractivity contribution is -0.137. The van der Waals surface area contributed by atoms with Gasteiger partial charge in [-0.3, -0.25) is 14.4 Å². The van der Waals surface area contributed by atoms with Gasteiger partial charge in [0, 0.05) is 33.4 Å². The van der Waals surface area contributed by atoms with Gasteiger partial charge in [0.25, 0.3) is 0 Å². The van der Waals surface area contributed by atoms with Gasteiger partial charge in [0.2, 0.25) is 17.7 Å². The first-order valence-corrected chi connectivity index (χ1v) is 9.00. The summed E-state index contributed by atoms with van der Waals surface area (Å²) in [6.07, 6.45) is 3.70. The number of nitrogens with one attached hydrogen (secondary N) is 2. The van der Waals surface area contributed by atoms with Gasteiger partial charge in [-0.15, -0.1) is 0 Å². The summed E-state index contributed by atoms with van der Waals surface area (Å²) < 4.78 is 9.98. The SMILES string of the molecule is COCCCNC(=O)CN(C)C(=O)C(C)NC(=O)/C=C/c1ccc(OC)cc1. The van der Waals surface area contributed by atoms with E-state index in [2.05, 4.69) is 10.6 Å². The van der Waals surface area contributed by atoms with Gasteiger partial charge in [0.05, 0.1) is 13.7 Å². The summed E-state index contributed by atoms with van der Waals surface area (Å²) in [4.78, 5) is 37.4. The predicted molar refractivity (Wildman–Crippen MR) is 107 cm³/mol. The fourth-order valence-electron chi connectivity index (χ4n) is 2.33. The van der Waals surface area contributed by atoms with E-state index in [1.165, 1.54) is 18.0 Å². The highest BCUT2D eigenvalue weighted by molar-refractivity contribution is 5.96. The maximum absolute atomic E-state index is 12.3. The first kappa shape index (κ1) is 23.2. The maximum Gasteiger partial charge on any atom is 0.245 e. The Bertz CT molecular complexity index is 673.